The second-order valence-electron chi connectivity index (χ2n) is 5.65. The fourth-order valence-electron chi connectivity index (χ4n) is 2.88. The van der Waals surface area contributed by atoms with Gasteiger partial charge in [-0.15, -0.1) is 0 Å². The Hall–Kier alpha value is -2.53. The van der Waals surface area contributed by atoms with Crippen LogP contribution >= 0.6 is 11.6 Å². The van der Waals surface area contributed by atoms with Gasteiger partial charge in [0.1, 0.15) is 11.8 Å². The molecule has 0 unspecified atom stereocenters. The lowest BCUT2D eigenvalue weighted by molar-refractivity contribution is -0.143. The maximum atomic E-state index is 12.7. The van der Waals surface area contributed by atoms with Crippen molar-refractivity contribution in [3.8, 4) is 5.75 Å². The lowest BCUT2D eigenvalue weighted by Gasteiger charge is -2.35. The van der Waals surface area contributed by atoms with Crippen LogP contribution < -0.4 is 5.32 Å². The number of nitrogens with one attached hydrogen (secondary N) is 1. The van der Waals surface area contributed by atoms with E-state index in [1.165, 1.54) is 0 Å². The normalized spacial score (nSPS) is 17.5. The number of amides is 2. The second kappa shape index (κ2) is 6.93. The predicted octanol–water partition coefficient (Wildman–Crippen LogP) is 2.29. The Morgan fingerprint density at radius 3 is 2.79 bits per heavy atom. The second-order valence-corrected chi connectivity index (χ2v) is 6.06. The quantitative estimate of drug-likeness (QED) is 0.897. The molecule has 5 nitrogen and oxygen atoms in total. The summed E-state index contributed by atoms with van der Waals surface area (Å²) in [6.07, 6.45) is 0.114. The van der Waals surface area contributed by atoms with Crippen molar-refractivity contribution in [3.63, 3.8) is 0 Å². The highest BCUT2D eigenvalue weighted by atomic mass is 35.5. The number of aromatic hydroxyl groups is 1. The minimum Gasteiger partial charge on any atom is -0.508 e. The Morgan fingerprint density at radius 1 is 1.25 bits per heavy atom. The first-order valence-corrected chi connectivity index (χ1v) is 8.03. The van der Waals surface area contributed by atoms with Crippen LogP contribution in [0.5, 0.6) is 5.75 Å². The minimum absolute atomic E-state index is 0.111. The average Bonchev–Trinajstić information content (AvgIpc) is 2.55. The molecule has 0 aliphatic carbocycles. The zero-order valence-corrected chi connectivity index (χ0v) is 13.7. The number of piperazine rings is 1. The van der Waals surface area contributed by atoms with Gasteiger partial charge in [-0.05, 0) is 23.8 Å². The van der Waals surface area contributed by atoms with Crippen LogP contribution in [0.2, 0.25) is 5.02 Å². The molecule has 2 aromatic carbocycles. The monoisotopic (exact) mass is 344 g/mol. The topological polar surface area (TPSA) is 69.6 Å². The third kappa shape index (κ3) is 3.36. The molecule has 0 aromatic heterocycles. The molecule has 1 aliphatic heterocycles. The Labute approximate surface area is 144 Å². The molecule has 2 aromatic rings. The summed E-state index contributed by atoms with van der Waals surface area (Å²) < 4.78 is 0. The third-order valence-corrected chi connectivity index (χ3v) is 4.34. The van der Waals surface area contributed by atoms with Gasteiger partial charge in [-0.2, -0.15) is 0 Å². The highest BCUT2D eigenvalue weighted by molar-refractivity contribution is 6.31. The summed E-state index contributed by atoms with van der Waals surface area (Å²) in [5.74, 6) is -0.307. The van der Waals surface area contributed by atoms with Gasteiger partial charge in [0.25, 0.3) is 0 Å². The van der Waals surface area contributed by atoms with Crippen molar-refractivity contribution in [1.29, 1.82) is 0 Å². The standard InChI is InChI=1S/C18H17ClN2O3/c19-15-7-2-1-6-14(15)17-18(24)20-8-9-21(17)16(23)11-12-4-3-5-13(22)10-12/h1-7,10,17,22H,8-9,11H2,(H,20,24)/t17-/m0/s1. The molecule has 0 radical (unpaired) electrons. The van der Waals surface area contributed by atoms with Crippen molar-refractivity contribution in [2.45, 2.75) is 12.5 Å². The van der Waals surface area contributed by atoms with Crippen LogP contribution in [0.4, 0.5) is 0 Å². The Balaban J connectivity index is 1.87. The van der Waals surface area contributed by atoms with Gasteiger partial charge < -0.3 is 15.3 Å². The molecule has 3 rings (SSSR count). The summed E-state index contributed by atoms with van der Waals surface area (Å²) in [4.78, 5) is 26.7. The number of benzene rings is 2. The fraction of sp³-hybridized carbons (Fsp3) is 0.222. The summed E-state index contributed by atoms with van der Waals surface area (Å²) >= 11 is 6.22. The van der Waals surface area contributed by atoms with Crippen molar-refractivity contribution in [2.75, 3.05) is 13.1 Å². The highest BCUT2D eigenvalue weighted by Crippen LogP contribution is 2.29. The van der Waals surface area contributed by atoms with E-state index in [1.807, 2.05) is 0 Å². The van der Waals surface area contributed by atoms with Crippen LogP contribution in [-0.2, 0) is 16.0 Å². The van der Waals surface area contributed by atoms with E-state index in [2.05, 4.69) is 5.32 Å². The first-order valence-electron chi connectivity index (χ1n) is 7.66. The number of rotatable bonds is 3. The van der Waals surface area contributed by atoms with E-state index in [1.54, 1.807) is 53.4 Å². The summed E-state index contributed by atoms with van der Waals surface area (Å²) in [6, 6.07) is 12.9. The third-order valence-electron chi connectivity index (χ3n) is 4.00. The minimum atomic E-state index is -0.739. The van der Waals surface area contributed by atoms with E-state index in [0.717, 1.165) is 0 Å². The van der Waals surface area contributed by atoms with E-state index in [-0.39, 0.29) is 24.0 Å². The Morgan fingerprint density at radius 2 is 2.04 bits per heavy atom. The smallest absolute Gasteiger partial charge is 0.247 e. The van der Waals surface area contributed by atoms with E-state index >= 15 is 0 Å². The Bertz CT molecular complexity index is 778. The molecular weight excluding hydrogens is 328 g/mol. The van der Waals surface area contributed by atoms with Crippen LogP contribution in [-0.4, -0.2) is 34.9 Å². The molecule has 24 heavy (non-hydrogen) atoms. The number of hydrogen-bond acceptors (Lipinski definition) is 3. The molecule has 6 heteroatoms. The van der Waals surface area contributed by atoms with Crippen molar-refractivity contribution in [1.82, 2.24) is 10.2 Å². The molecule has 2 N–H and O–H groups in total. The van der Waals surface area contributed by atoms with Crippen LogP contribution in [0.25, 0.3) is 0 Å². The predicted molar refractivity (Wildman–Crippen MR) is 90.7 cm³/mol. The van der Waals surface area contributed by atoms with Crippen LogP contribution in [0, 0.1) is 0 Å². The lowest BCUT2D eigenvalue weighted by atomic mass is 10.0. The largest absolute Gasteiger partial charge is 0.508 e. The van der Waals surface area contributed by atoms with Gasteiger partial charge in [0.2, 0.25) is 11.8 Å². The van der Waals surface area contributed by atoms with Gasteiger partial charge in [0.15, 0.2) is 0 Å². The molecule has 1 heterocycles. The van der Waals surface area contributed by atoms with Gasteiger partial charge >= 0.3 is 0 Å². The van der Waals surface area contributed by atoms with E-state index in [9.17, 15) is 14.7 Å². The number of carbonyl (C=O) groups is 2. The summed E-state index contributed by atoms with van der Waals surface area (Å²) in [7, 11) is 0. The maximum Gasteiger partial charge on any atom is 0.247 e. The maximum absolute atomic E-state index is 12.7. The molecule has 1 aliphatic rings. The molecule has 0 spiro atoms. The SMILES string of the molecule is O=C1NCCN(C(=O)Cc2cccc(O)c2)[C@H]1c1ccccc1Cl. The molecule has 1 saturated heterocycles. The van der Waals surface area contributed by atoms with Gasteiger partial charge in [0, 0.05) is 23.7 Å². The van der Waals surface area contributed by atoms with Gasteiger partial charge in [-0.25, -0.2) is 0 Å². The van der Waals surface area contributed by atoms with Gasteiger partial charge in [0.05, 0.1) is 6.42 Å². The van der Waals surface area contributed by atoms with Crippen LogP contribution in [0.3, 0.4) is 0 Å². The number of phenols is 1. The molecule has 1 fully saturated rings. The zero-order chi connectivity index (χ0) is 17.1. The first-order chi connectivity index (χ1) is 11.6. The van der Waals surface area contributed by atoms with Crippen molar-refractivity contribution in [3.05, 3.63) is 64.7 Å². The summed E-state index contributed by atoms with van der Waals surface area (Å²) in [6.45, 7) is 0.824. The number of phenolic OH excluding ortho intramolecular Hbond substituents is 1. The van der Waals surface area contributed by atoms with E-state index < -0.39 is 6.04 Å². The number of halogens is 1. The van der Waals surface area contributed by atoms with Crippen molar-refractivity contribution < 1.29 is 14.7 Å². The average molecular weight is 345 g/mol. The fourth-order valence-corrected chi connectivity index (χ4v) is 3.12. The molecular formula is C18H17ClN2O3. The van der Waals surface area contributed by atoms with Crippen LogP contribution in [0.1, 0.15) is 17.2 Å². The molecule has 0 bridgehead atoms. The molecule has 1 atom stereocenters. The van der Waals surface area contributed by atoms with E-state index in [4.69, 9.17) is 11.6 Å². The first kappa shape index (κ1) is 16.3. The van der Waals surface area contributed by atoms with Gasteiger partial charge in [-0.1, -0.05) is 41.9 Å². The summed E-state index contributed by atoms with van der Waals surface area (Å²) in [5, 5.41) is 12.8. The highest BCUT2D eigenvalue weighted by Gasteiger charge is 2.35. The molecule has 2 amide bonds. The van der Waals surface area contributed by atoms with Crippen molar-refractivity contribution >= 4 is 23.4 Å². The Kier molecular flexibility index (Phi) is 4.71. The number of hydrogen-bond donors (Lipinski definition) is 2. The number of carbonyl (C=O) groups excluding carboxylic acids is 2. The van der Waals surface area contributed by atoms with E-state index in [0.29, 0.717) is 29.2 Å². The molecule has 0 saturated carbocycles. The van der Waals surface area contributed by atoms with Gasteiger partial charge in [-0.3, -0.25) is 9.59 Å². The number of nitrogens with zero attached hydrogens (tertiary/aromatic N) is 1. The lowest BCUT2D eigenvalue weighted by Crippen LogP contribution is -2.52. The molecule has 124 valence electrons. The summed E-state index contributed by atoms with van der Waals surface area (Å²) in [5.41, 5.74) is 1.31. The van der Waals surface area contributed by atoms with Crippen molar-refractivity contribution in [2.24, 2.45) is 0 Å². The van der Waals surface area contributed by atoms with Crippen LogP contribution in [0.15, 0.2) is 48.5 Å². The zero-order valence-electron chi connectivity index (χ0n) is 12.9.